The number of hydrogen-bond acceptors (Lipinski definition) is 1. The summed E-state index contributed by atoms with van der Waals surface area (Å²) in [6, 6.07) is 0. The first kappa shape index (κ1) is 7.60. The van der Waals surface area contributed by atoms with Crippen LogP contribution in [0.15, 0.2) is 0 Å². The minimum absolute atomic E-state index is 0.406. The van der Waals surface area contributed by atoms with Crippen molar-refractivity contribution in [1.29, 1.82) is 0 Å². The van der Waals surface area contributed by atoms with Crippen LogP contribution in [0.5, 0.6) is 0 Å². The second-order valence-electron chi connectivity index (χ2n) is 5.24. The molecular formula is C10H18O. The molecule has 3 aliphatic rings. The fraction of sp³-hybridized carbons (Fsp3) is 1.00. The van der Waals surface area contributed by atoms with Crippen LogP contribution in [0.1, 0.15) is 33.6 Å². The zero-order valence-electron chi connectivity index (χ0n) is 7.72. The first-order valence-electron chi connectivity index (χ1n) is 4.62. The lowest BCUT2D eigenvalue weighted by molar-refractivity contribution is -0.0490. The number of hydrogen-bond donors (Lipinski definition) is 1. The fourth-order valence-corrected chi connectivity index (χ4v) is 3.34. The van der Waals surface area contributed by atoms with Crippen LogP contribution in [0.4, 0.5) is 0 Å². The summed E-state index contributed by atoms with van der Waals surface area (Å²) in [5, 5.41) is 9.11. The molecule has 0 aromatic heterocycles. The monoisotopic (exact) mass is 154 g/mol. The lowest BCUT2D eigenvalue weighted by Crippen LogP contribution is -2.46. The Kier molecular flexibility index (Phi) is 1.26. The molecule has 2 bridgehead atoms. The summed E-state index contributed by atoms with van der Waals surface area (Å²) in [4.78, 5) is 0. The second-order valence-corrected chi connectivity index (χ2v) is 5.24. The summed E-state index contributed by atoms with van der Waals surface area (Å²) < 4.78 is 0. The van der Waals surface area contributed by atoms with Crippen LogP contribution >= 0.6 is 0 Å². The molecular weight excluding hydrogens is 136 g/mol. The summed E-state index contributed by atoms with van der Waals surface area (Å²) in [5.41, 5.74) is 1.05. The Hall–Kier alpha value is -0.0400. The van der Waals surface area contributed by atoms with Crippen LogP contribution in [0.25, 0.3) is 0 Å². The van der Waals surface area contributed by atoms with Gasteiger partial charge >= 0.3 is 0 Å². The third-order valence-corrected chi connectivity index (χ3v) is 4.67. The number of rotatable bonds is 1. The molecule has 0 amide bonds. The molecule has 3 rings (SSSR count). The van der Waals surface area contributed by atoms with E-state index in [0.717, 1.165) is 5.92 Å². The van der Waals surface area contributed by atoms with E-state index in [4.69, 9.17) is 5.11 Å². The molecule has 1 nitrogen and oxygen atoms in total. The van der Waals surface area contributed by atoms with E-state index in [1.807, 2.05) is 0 Å². The summed E-state index contributed by atoms with van der Waals surface area (Å²) in [6.07, 6.45) is 2.60. The maximum atomic E-state index is 9.11. The highest BCUT2D eigenvalue weighted by atomic mass is 16.3. The molecule has 1 heteroatoms. The van der Waals surface area contributed by atoms with Crippen LogP contribution in [-0.4, -0.2) is 11.7 Å². The van der Waals surface area contributed by atoms with Gasteiger partial charge in [-0.2, -0.15) is 0 Å². The molecule has 0 heterocycles. The van der Waals surface area contributed by atoms with E-state index >= 15 is 0 Å². The van der Waals surface area contributed by atoms with Crippen LogP contribution in [0.3, 0.4) is 0 Å². The number of fused-ring (bicyclic) bond motifs is 1. The molecule has 3 aliphatic carbocycles. The third-order valence-electron chi connectivity index (χ3n) is 4.67. The van der Waals surface area contributed by atoms with Gasteiger partial charge in [0.05, 0.1) is 0 Å². The Morgan fingerprint density at radius 1 is 1.27 bits per heavy atom. The standard InChI is InChI=1S/C10H18O/c1-9(2)8-5-10(9,3)4-7(8)6-11/h7-8,11H,4-6H2,1-3H3/t7-,8+,10+/m0/s1. The molecule has 3 atom stereocenters. The Morgan fingerprint density at radius 2 is 1.91 bits per heavy atom. The van der Waals surface area contributed by atoms with E-state index in [1.54, 1.807) is 0 Å². The summed E-state index contributed by atoms with van der Waals surface area (Å²) in [7, 11) is 0. The molecule has 0 saturated heterocycles. The number of aliphatic hydroxyl groups excluding tert-OH is 1. The molecule has 11 heavy (non-hydrogen) atoms. The van der Waals surface area contributed by atoms with Crippen LogP contribution in [0.2, 0.25) is 0 Å². The van der Waals surface area contributed by atoms with Crippen molar-refractivity contribution in [2.75, 3.05) is 6.61 Å². The van der Waals surface area contributed by atoms with Crippen molar-refractivity contribution < 1.29 is 5.11 Å². The summed E-state index contributed by atoms with van der Waals surface area (Å²) in [6.45, 7) is 7.50. The topological polar surface area (TPSA) is 20.2 Å². The van der Waals surface area contributed by atoms with Gasteiger partial charge in [0.15, 0.2) is 0 Å². The van der Waals surface area contributed by atoms with Crippen molar-refractivity contribution in [1.82, 2.24) is 0 Å². The van der Waals surface area contributed by atoms with Gasteiger partial charge in [-0.15, -0.1) is 0 Å². The van der Waals surface area contributed by atoms with E-state index in [0.29, 0.717) is 23.4 Å². The Morgan fingerprint density at radius 3 is 2.09 bits per heavy atom. The summed E-state index contributed by atoms with van der Waals surface area (Å²) in [5.74, 6) is 1.41. The molecule has 0 unspecified atom stereocenters. The molecule has 0 aromatic rings. The van der Waals surface area contributed by atoms with Gasteiger partial charge in [0.25, 0.3) is 0 Å². The summed E-state index contributed by atoms with van der Waals surface area (Å²) >= 11 is 0. The average Bonchev–Trinajstić information content (AvgIpc) is 2.38. The SMILES string of the molecule is CC1(C)[C@@H]2C[C@@]1(C)C[C@H]2CO. The zero-order chi connectivity index (χ0) is 8.28. The van der Waals surface area contributed by atoms with Gasteiger partial charge in [-0.1, -0.05) is 20.8 Å². The van der Waals surface area contributed by atoms with E-state index in [-0.39, 0.29) is 0 Å². The largest absolute Gasteiger partial charge is 0.396 e. The van der Waals surface area contributed by atoms with Crippen molar-refractivity contribution in [3.8, 4) is 0 Å². The van der Waals surface area contributed by atoms with Gasteiger partial charge in [0, 0.05) is 6.61 Å². The van der Waals surface area contributed by atoms with Gasteiger partial charge in [-0.25, -0.2) is 0 Å². The molecule has 1 N–H and O–H groups in total. The molecule has 0 aliphatic heterocycles. The average molecular weight is 154 g/mol. The molecule has 0 aromatic carbocycles. The third kappa shape index (κ3) is 0.658. The van der Waals surface area contributed by atoms with E-state index < -0.39 is 0 Å². The quantitative estimate of drug-likeness (QED) is 0.613. The van der Waals surface area contributed by atoms with Crippen molar-refractivity contribution >= 4 is 0 Å². The van der Waals surface area contributed by atoms with Crippen molar-refractivity contribution in [3.63, 3.8) is 0 Å². The van der Waals surface area contributed by atoms with Gasteiger partial charge in [-0.3, -0.25) is 0 Å². The second kappa shape index (κ2) is 1.82. The highest BCUT2D eigenvalue weighted by Gasteiger charge is 2.65. The molecule has 3 saturated carbocycles. The molecule has 3 fully saturated rings. The van der Waals surface area contributed by atoms with Gasteiger partial charge in [-0.05, 0) is 35.5 Å². The lowest BCUT2D eigenvalue weighted by atomic mass is 9.51. The van der Waals surface area contributed by atoms with Crippen LogP contribution in [0, 0.1) is 22.7 Å². The van der Waals surface area contributed by atoms with Gasteiger partial charge in [0.1, 0.15) is 0 Å². The van der Waals surface area contributed by atoms with Crippen molar-refractivity contribution in [3.05, 3.63) is 0 Å². The lowest BCUT2D eigenvalue weighted by Gasteiger charge is -2.53. The fourth-order valence-electron chi connectivity index (χ4n) is 3.34. The Labute approximate surface area is 68.8 Å². The minimum atomic E-state index is 0.406. The first-order valence-corrected chi connectivity index (χ1v) is 4.62. The molecule has 64 valence electrons. The Balaban J connectivity index is 2.23. The van der Waals surface area contributed by atoms with E-state index in [1.165, 1.54) is 12.8 Å². The predicted octanol–water partition coefficient (Wildman–Crippen LogP) is 2.05. The first-order chi connectivity index (χ1) is 5.01. The van der Waals surface area contributed by atoms with Crippen LogP contribution in [-0.2, 0) is 0 Å². The Bertz CT molecular complexity index is 183. The minimum Gasteiger partial charge on any atom is -0.396 e. The van der Waals surface area contributed by atoms with Gasteiger partial charge in [0.2, 0.25) is 0 Å². The van der Waals surface area contributed by atoms with Crippen molar-refractivity contribution in [2.24, 2.45) is 22.7 Å². The van der Waals surface area contributed by atoms with Gasteiger partial charge < -0.3 is 5.11 Å². The molecule has 0 radical (unpaired) electrons. The van der Waals surface area contributed by atoms with Crippen LogP contribution < -0.4 is 0 Å². The smallest absolute Gasteiger partial charge is 0.0462 e. The zero-order valence-corrected chi connectivity index (χ0v) is 7.72. The molecule has 0 spiro atoms. The highest BCUT2D eigenvalue weighted by Crippen LogP contribution is 2.72. The highest BCUT2D eigenvalue weighted by molar-refractivity contribution is 5.14. The van der Waals surface area contributed by atoms with E-state index in [9.17, 15) is 0 Å². The normalized spacial score (nSPS) is 52.4. The van der Waals surface area contributed by atoms with E-state index in [2.05, 4.69) is 20.8 Å². The maximum Gasteiger partial charge on any atom is 0.0462 e. The number of aliphatic hydroxyl groups is 1. The maximum absolute atomic E-state index is 9.11. The van der Waals surface area contributed by atoms with Crippen molar-refractivity contribution in [2.45, 2.75) is 33.6 Å². The predicted molar refractivity (Wildman–Crippen MR) is 45.2 cm³/mol.